The van der Waals surface area contributed by atoms with Gasteiger partial charge in [0.05, 0.1) is 0 Å². The molecular weight excluding hydrogens is 352 g/mol. The van der Waals surface area contributed by atoms with Crippen LogP contribution in [0.3, 0.4) is 0 Å². The average molecular weight is 373 g/mol. The number of aromatic nitrogens is 1. The predicted octanol–water partition coefficient (Wildman–Crippen LogP) is 2.68. The molecule has 2 amide bonds. The number of piperazine rings is 1. The van der Waals surface area contributed by atoms with E-state index >= 15 is 0 Å². The van der Waals surface area contributed by atoms with Gasteiger partial charge in [-0.15, -0.1) is 0 Å². The summed E-state index contributed by atoms with van der Waals surface area (Å²) >= 11 is 6.09. The van der Waals surface area contributed by atoms with Gasteiger partial charge in [-0.25, -0.2) is 0 Å². The Morgan fingerprint density at radius 1 is 1.15 bits per heavy atom. The number of likely N-dealkylation sites (N-methyl/N-ethyl adjacent to an activating group) is 1. The van der Waals surface area contributed by atoms with Crippen LogP contribution in [0.25, 0.3) is 0 Å². The summed E-state index contributed by atoms with van der Waals surface area (Å²) in [5.41, 5.74) is 2.11. The molecule has 0 radical (unpaired) electrons. The fourth-order valence-corrected chi connectivity index (χ4v) is 2.97. The molecule has 1 aliphatic heterocycles. The van der Waals surface area contributed by atoms with Crippen molar-refractivity contribution in [2.75, 3.05) is 38.5 Å². The molecule has 1 aromatic heterocycles. The lowest BCUT2D eigenvalue weighted by Gasteiger charge is -2.32. The number of nitrogens with one attached hydrogen (secondary N) is 1. The van der Waals surface area contributed by atoms with Crippen LogP contribution in [0.4, 0.5) is 5.69 Å². The molecule has 0 aliphatic carbocycles. The molecule has 0 unspecified atom stereocenters. The Labute approximate surface area is 157 Å². The van der Waals surface area contributed by atoms with Crippen LogP contribution in [0.2, 0.25) is 5.02 Å². The Hall–Kier alpha value is -2.44. The molecule has 1 fully saturated rings. The van der Waals surface area contributed by atoms with E-state index in [4.69, 9.17) is 11.6 Å². The Balaban J connectivity index is 1.75. The average Bonchev–Trinajstić information content (AvgIpc) is 2.65. The number of hydrogen-bond acceptors (Lipinski definition) is 4. The third kappa shape index (κ3) is 4.03. The quantitative estimate of drug-likeness (QED) is 0.899. The normalized spacial score (nSPS) is 15.0. The highest BCUT2D eigenvalue weighted by Crippen LogP contribution is 2.23. The predicted molar refractivity (Wildman–Crippen MR) is 102 cm³/mol. The van der Waals surface area contributed by atoms with Gasteiger partial charge in [0, 0.05) is 48.6 Å². The maximum Gasteiger partial charge on any atom is 0.272 e. The molecule has 1 N–H and O–H groups in total. The molecular formula is C19H21ClN4O2. The zero-order valence-corrected chi connectivity index (χ0v) is 15.6. The lowest BCUT2D eigenvalue weighted by atomic mass is 10.1. The van der Waals surface area contributed by atoms with Crippen molar-refractivity contribution in [3.8, 4) is 0 Å². The van der Waals surface area contributed by atoms with Crippen molar-refractivity contribution in [3.63, 3.8) is 0 Å². The van der Waals surface area contributed by atoms with Crippen molar-refractivity contribution in [1.82, 2.24) is 14.8 Å². The lowest BCUT2D eigenvalue weighted by molar-refractivity contribution is 0.0658. The minimum Gasteiger partial charge on any atom is -0.335 e. The molecule has 2 aromatic rings. The monoisotopic (exact) mass is 372 g/mol. The Bertz CT molecular complexity index is 832. The van der Waals surface area contributed by atoms with Crippen molar-refractivity contribution in [1.29, 1.82) is 0 Å². The van der Waals surface area contributed by atoms with E-state index in [0.29, 0.717) is 29.4 Å². The van der Waals surface area contributed by atoms with Crippen LogP contribution < -0.4 is 5.32 Å². The number of amides is 2. The molecule has 7 heteroatoms. The van der Waals surface area contributed by atoms with Crippen LogP contribution in [-0.2, 0) is 0 Å². The van der Waals surface area contributed by atoms with E-state index in [0.717, 1.165) is 18.7 Å². The largest absolute Gasteiger partial charge is 0.335 e. The number of anilines is 1. The van der Waals surface area contributed by atoms with Gasteiger partial charge in [-0.3, -0.25) is 14.6 Å². The first-order valence-corrected chi connectivity index (χ1v) is 8.84. The summed E-state index contributed by atoms with van der Waals surface area (Å²) in [6.07, 6.45) is 1.49. The minimum absolute atomic E-state index is 0.147. The first-order valence-electron chi connectivity index (χ1n) is 8.46. The third-order valence-corrected chi connectivity index (χ3v) is 4.96. The number of hydrogen-bond donors (Lipinski definition) is 1. The Kier molecular flexibility index (Phi) is 5.54. The van der Waals surface area contributed by atoms with Crippen molar-refractivity contribution in [2.45, 2.75) is 6.92 Å². The standard InChI is InChI=1S/C19H21ClN4O2/c1-13-15(20)4-3-5-16(13)22-18(25)14-6-7-21-17(12-14)19(26)24-10-8-23(2)9-11-24/h3-7,12H,8-11H2,1-2H3,(H,22,25). The van der Waals surface area contributed by atoms with Crippen molar-refractivity contribution in [2.24, 2.45) is 0 Å². The summed E-state index contributed by atoms with van der Waals surface area (Å²) in [7, 11) is 2.03. The maximum atomic E-state index is 12.6. The van der Waals surface area contributed by atoms with Gasteiger partial charge in [0.1, 0.15) is 5.69 Å². The van der Waals surface area contributed by atoms with Crippen LogP contribution >= 0.6 is 11.6 Å². The molecule has 0 saturated carbocycles. The maximum absolute atomic E-state index is 12.6. The molecule has 0 spiro atoms. The van der Waals surface area contributed by atoms with E-state index in [1.807, 2.05) is 14.0 Å². The molecule has 0 bridgehead atoms. The molecule has 1 aliphatic rings. The number of nitrogens with zero attached hydrogens (tertiary/aromatic N) is 3. The van der Waals surface area contributed by atoms with E-state index in [2.05, 4.69) is 15.2 Å². The number of carbonyl (C=O) groups is 2. The van der Waals surface area contributed by atoms with Gasteiger partial charge in [0.15, 0.2) is 0 Å². The second-order valence-electron chi connectivity index (χ2n) is 6.39. The topological polar surface area (TPSA) is 65.5 Å². The molecule has 2 heterocycles. The fourth-order valence-electron chi connectivity index (χ4n) is 2.80. The Morgan fingerprint density at radius 2 is 1.88 bits per heavy atom. The van der Waals surface area contributed by atoms with Crippen LogP contribution in [0, 0.1) is 6.92 Å². The number of rotatable bonds is 3. The van der Waals surface area contributed by atoms with E-state index in [9.17, 15) is 9.59 Å². The van der Waals surface area contributed by atoms with E-state index in [-0.39, 0.29) is 17.5 Å². The van der Waals surface area contributed by atoms with Crippen LogP contribution in [0.15, 0.2) is 36.5 Å². The second-order valence-corrected chi connectivity index (χ2v) is 6.80. The summed E-state index contributed by atoms with van der Waals surface area (Å²) in [5, 5.41) is 3.42. The minimum atomic E-state index is -0.301. The molecule has 136 valence electrons. The van der Waals surface area contributed by atoms with E-state index in [1.54, 1.807) is 29.2 Å². The highest BCUT2D eigenvalue weighted by molar-refractivity contribution is 6.31. The SMILES string of the molecule is Cc1c(Cl)cccc1NC(=O)c1ccnc(C(=O)N2CCN(C)CC2)c1. The van der Waals surface area contributed by atoms with Gasteiger partial charge in [-0.2, -0.15) is 0 Å². The van der Waals surface area contributed by atoms with Crippen molar-refractivity contribution >= 4 is 29.1 Å². The molecule has 26 heavy (non-hydrogen) atoms. The van der Waals surface area contributed by atoms with Crippen molar-refractivity contribution < 1.29 is 9.59 Å². The van der Waals surface area contributed by atoms with Gasteiger partial charge in [0.25, 0.3) is 11.8 Å². The second kappa shape index (κ2) is 7.85. The summed E-state index contributed by atoms with van der Waals surface area (Å²) in [6.45, 7) is 4.83. The smallest absolute Gasteiger partial charge is 0.272 e. The summed E-state index contributed by atoms with van der Waals surface area (Å²) in [6, 6.07) is 8.47. The van der Waals surface area contributed by atoms with E-state index in [1.165, 1.54) is 12.3 Å². The van der Waals surface area contributed by atoms with Crippen LogP contribution in [-0.4, -0.2) is 59.8 Å². The number of halogens is 1. The molecule has 1 saturated heterocycles. The fraction of sp³-hybridized carbons (Fsp3) is 0.316. The van der Waals surface area contributed by atoms with Gasteiger partial charge >= 0.3 is 0 Å². The first kappa shape index (κ1) is 18.4. The molecule has 0 atom stereocenters. The third-order valence-electron chi connectivity index (χ3n) is 4.55. The molecule has 3 rings (SSSR count). The van der Waals surface area contributed by atoms with Gasteiger partial charge in [0.2, 0.25) is 0 Å². The number of pyridine rings is 1. The van der Waals surface area contributed by atoms with Gasteiger partial charge in [-0.1, -0.05) is 17.7 Å². The number of benzene rings is 1. The highest BCUT2D eigenvalue weighted by Gasteiger charge is 2.22. The van der Waals surface area contributed by atoms with E-state index < -0.39 is 0 Å². The Morgan fingerprint density at radius 3 is 2.62 bits per heavy atom. The molecule has 1 aromatic carbocycles. The van der Waals surface area contributed by atoms with Crippen LogP contribution in [0.1, 0.15) is 26.4 Å². The van der Waals surface area contributed by atoms with Gasteiger partial charge in [-0.05, 0) is 43.8 Å². The molecule has 6 nitrogen and oxygen atoms in total. The summed E-state index contributed by atoms with van der Waals surface area (Å²) < 4.78 is 0. The lowest BCUT2D eigenvalue weighted by Crippen LogP contribution is -2.47. The zero-order chi connectivity index (χ0) is 18.7. The zero-order valence-electron chi connectivity index (χ0n) is 14.8. The summed E-state index contributed by atoms with van der Waals surface area (Å²) in [5.74, 6) is -0.447. The first-order chi connectivity index (χ1) is 12.5. The number of carbonyl (C=O) groups excluding carboxylic acids is 2. The van der Waals surface area contributed by atoms with Crippen LogP contribution in [0.5, 0.6) is 0 Å². The highest BCUT2D eigenvalue weighted by atomic mass is 35.5. The van der Waals surface area contributed by atoms with Crippen molar-refractivity contribution in [3.05, 3.63) is 58.4 Å². The summed E-state index contributed by atoms with van der Waals surface area (Å²) in [4.78, 5) is 33.3. The van der Waals surface area contributed by atoms with Gasteiger partial charge < -0.3 is 15.1 Å².